The SMILES string of the molecule is CCC[C@@H](NC(=O)N[C@@H](C)C(=O)N(C)C)c1ccccc1. The van der Waals surface area contributed by atoms with E-state index < -0.39 is 6.04 Å². The van der Waals surface area contributed by atoms with Crippen molar-refractivity contribution in [3.63, 3.8) is 0 Å². The molecule has 0 aliphatic rings. The van der Waals surface area contributed by atoms with E-state index in [9.17, 15) is 9.59 Å². The Bertz CT molecular complexity index is 460. The van der Waals surface area contributed by atoms with Crippen molar-refractivity contribution in [3.05, 3.63) is 35.9 Å². The minimum Gasteiger partial charge on any atom is -0.347 e. The molecule has 0 spiro atoms. The zero-order chi connectivity index (χ0) is 15.8. The van der Waals surface area contributed by atoms with E-state index in [1.54, 1.807) is 21.0 Å². The monoisotopic (exact) mass is 291 g/mol. The number of amides is 3. The van der Waals surface area contributed by atoms with Gasteiger partial charge in [0.1, 0.15) is 6.04 Å². The molecule has 2 N–H and O–H groups in total. The van der Waals surface area contributed by atoms with E-state index in [1.165, 1.54) is 4.90 Å². The summed E-state index contributed by atoms with van der Waals surface area (Å²) in [5.41, 5.74) is 1.07. The first-order valence-corrected chi connectivity index (χ1v) is 7.28. The van der Waals surface area contributed by atoms with E-state index in [2.05, 4.69) is 17.6 Å². The van der Waals surface area contributed by atoms with E-state index in [1.807, 2.05) is 30.3 Å². The first kappa shape index (κ1) is 17.0. The standard InChI is InChI=1S/C16H25N3O2/c1-5-9-14(13-10-7-6-8-11-13)18-16(21)17-12(2)15(20)19(3)4/h6-8,10-12,14H,5,9H2,1-4H3,(H2,17,18,21)/t12-,14+/m0/s1. The summed E-state index contributed by atoms with van der Waals surface area (Å²) in [5, 5.41) is 5.62. The van der Waals surface area contributed by atoms with Crippen LogP contribution < -0.4 is 10.6 Å². The first-order chi connectivity index (χ1) is 9.95. The topological polar surface area (TPSA) is 61.4 Å². The van der Waals surface area contributed by atoms with Gasteiger partial charge in [0, 0.05) is 14.1 Å². The average Bonchev–Trinajstić information content (AvgIpc) is 2.46. The number of carbonyl (C=O) groups excluding carboxylic acids is 2. The summed E-state index contributed by atoms with van der Waals surface area (Å²) in [5.74, 6) is -0.128. The number of carbonyl (C=O) groups is 2. The molecule has 5 nitrogen and oxygen atoms in total. The number of likely N-dealkylation sites (N-methyl/N-ethyl adjacent to an activating group) is 1. The third-order valence-electron chi connectivity index (χ3n) is 3.24. The minimum absolute atomic E-state index is 0.0436. The summed E-state index contributed by atoms with van der Waals surface area (Å²) in [6.07, 6.45) is 1.82. The lowest BCUT2D eigenvalue weighted by Crippen LogP contribution is -2.48. The van der Waals surface area contributed by atoms with Crippen LogP contribution in [-0.4, -0.2) is 37.0 Å². The highest BCUT2D eigenvalue weighted by Crippen LogP contribution is 2.17. The maximum absolute atomic E-state index is 12.0. The normalized spacial score (nSPS) is 13.1. The second kappa shape index (κ2) is 8.29. The molecule has 116 valence electrons. The average molecular weight is 291 g/mol. The van der Waals surface area contributed by atoms with E-state index in [0.29, 0.717) is 0 Å². The number of benzene rings is 1. The van der Waals surface area contributed by atoms with Crippen LogP contribution in [0.1, 0.15) is 38.3 Å². The fourth-order valence-electron chi connectivity index (χ4n) is 2.14. The molecule has 0 saturated carbocycles. The van der Waals surface area contributed by atoms with Gasteiger partial charge in [-0.3, -0.25) is 4.79 Å². The van der Waals surface area contributed by atoms with Crippen LogP contribution >= 0.6 is 0 Å². The zero-order valence-electron chi connectivity index (χ0n) is 13.2. The highest BCUT2D eigenvalue weighted by atomic mass is 16.2. The van der Waals surface area contributed by atoms with Gasteiger partial charge in [0.15, 0.2) is 0 Å². The van der Waals surface area contributed by atoms with Gasteiger partial charge < -0.3 is 15.5 Å². The predicted molar refractivity (Wildman–Crippen MR) is 83.9 cm³/mol. The molecule has 0 radical (unpaired) electrons. The van der Waals surface area contributed by atoms with Gasteiger partial charge in [0.05, 0.1) is 6.04 Å². The van der Waals surface area contributed by atoms with Gasteiger partial charge >= 0.3 is 6.03 Å². The number of urea groups is 1. The van der Waals surface area contributed by atoms with Crippen molar-refractivity contribution in [3.8, 4) is 0 Å². The summed E-state index contributed by atoms with van der Waals surface area (Å²) in [6.45, 7) is 3.76. The van der Waals surface area contributed by atoms with Crippen LogP contribution in [0.15, 0.2) is 30.3 Å². The Morgan fingerprint density at radius 1 is 1.14 bits per heavy atom. The molecule has 2 atom stereocenters. The molecule has 0 bridgehead atoms. The summed E-state index contributed by atoms with van der Waals surface area (Å²) >= 11 is 0. The van der Waals surface area contributed by atoms with Crippen molar-refractivity contribution < 1.29 is 9.59 Å². The summed E-state index contributed by atoms with van der Waals surface area (Å²) < 4.78 is 0. The fraction of sp³-hybridized carbons (Fsp3) is 0.500. The van der Waals surface area contributed by atoms with Gasteiger partial charge in [-0.1, -0.05) is 43.7 Å². The van der Waals surface area contributed by atoms with E-state index in [-0.39, 0.29) is 18.0 Å². The Morgan fingerprint density at radius 3 is 2.29 bits per heavy atom. The van der Waals surface area contributed by atoms with E-state index in [0.717, 1.165) is 18.4 Å². The fourth-order valence-corrected chi connectivity index (χ4v) is 2.14. The maximum atomic E-state index is 12.0. The summed E-state index contributed by atoms with van der Waals surface area (Å²) in [4.78, 5) is 25.3. The number of nitrogens with zero attached hydrogens (tertiary/aromatic N) is 1. The van der Waals surface area contributed by atoms with Gasteiger partial charge in [0.2, 0.25) is 5.91 Å². The van der Waals surface area contributed by atoms with Gasteiger partial charge in [-0.2, -0.15) is 0 Å². The van der Waals surface area contributed by atoms with Crippen LogP contribution in [-0.2, 0) is 4.79 Å². The highest BCUT2D eigenvalue weighted by Gasteiger charge is 2.19. The van der Waals surface area contributed by atoms with Crippen molar-refractivity contribution in [2.45, 2.75) is 38.8 Å². The molecule has 1 aromatic carbocycles. The summed E-state index contributed by atoms with van der Waals surface area (Å²) in [6, 6.07) is 8.94. The van der Waals surface area contributed by atoms with Crippen LogP contribution in [0.3, 0.4) is 0 Å². The largest absolute Gasteiger partial charge is 0.347 e. The molecule has 21 heavy (non-hydrogen) atoms. The van der Waals surface area contributed by atoms with Gasteiger partial charge in [0.25, 0.3) is 0 Å². The quantitative estimate of drug-likeness (QED) is 0.845. The molecule has 0 unspecified atom stereocenters. The Balaban J connectivity index is 2.63. The third-order valence-corrected chi connectivity index (χ3v) is 3.24. The molecule has 0 fully saturated rings. The molecule has 0 heterocycles. The van der Waals surface area contributed by atoms with Crippen LogP contribution in [0.4, 0.5) is 4.79 Å². The van der Waals surface area contributed by atoms with Crippen molar-refractivity contribution in [2.24, 2.45) is 0 Å². The smallest absolute Gasteiger partial charge is 0.315 e. The predicted octanol–water partition coefficient (Wildman–Crippen LogP) is 2.30. The van der Waals surface area contributed by atoms with Crippen LogP contribution in [0.25, 0.3) is 0 Å². The third kappa shape index (κ3) is 5.45. The minimum atomic E-state index is -0.543. The van der Waals surface area contributed by atoms with E-state index >= 15 is 0 Å². The van der Waals surface area contributed by atoms with Crippen molar-refractivity contribution in [1.29, 1.82) is 0 Å². The molecule has 3 amide bonds. The van der Waals surface area contributed by atoms with Crippen LogP contribution in [0.2, 0.25) is 0 Å². The molecule has 0 saturated heterocycles. The van der Waals surface area contributed by atoms with Crippen LogP contribution in [0, 0.1) is 0 Å². The maximum Gasteiger partial charge on any atom is 0.315 e. The van der Waals surface area contributed by atoms with Gasteiger partial charge in [-0.25, -0.2) is 4.79 Å². The second-order valence-electron chi connectivity index (χ2n) is 5.32. The molecule has 0 aliphatic heterocycles. The Hall–Kier alpha value is -2.04. The Morgan fingerprint density at radius 2 is 1.76 bits per heavy atom. The Kier molecular flexibility index (Phi) is 6.72. The molecular weight excluding hydrogens is 266 g/mol. The molecule has 5 heteroatoms. The molecule has 1 aromatic rings. The van der Waals surface area contributed by atoms with Crippen LogP contribution in [0.5, 0.6) is 0 Å². The van der Waals surface area contributed by atoms with Crippen molar-refractivity contribution in [2.75, 3.05) is 14.1 Å². The van der Waals surface area contributed by atoms with E-state index in [4.69, 9.17) is 0 Å². The number of hydrogen-bond donors (Lipinski definition) is 2. The molecule has 0 aromatic heterocycles. The van der Waals surface area contributed by atoms with Crippen molar-refractivity contribution >= 4 is 11.9 Å². The number of nitrogens with one attached hydrogen (secondary N) is 2. The molecule has 1 rings (SSSR count). The second-order valence-corrected chi connectivity index (χ2v) is 5.32. The number of hydrogen-bond acceptors (Lipinski definition) is 2. The van der Waals surface area contributed by atoms with Crippen molar-refractivity contribution in [1.82, 2.24) is 15.5 Å². The lowest BCUT2D eigenvalue weighted by atomic mass is 10.0. The summed E-state index contributed by atoms with van der Waals surface area (Å²) in [7, 11) is 3.34. The van der Waals surface area contributed by atoms with Gasteiger partial charge in [-0.05, 0) is 18.9 Å². The first-order valence-electron chi connectivity index (χ1n) is 7.28. The Labute approximate surface area is 126 Å². The zero-order valence-corrected chi connectivity index (χ0v) is 13.2. The lowest BCUT2D eigenvalue weighted by molar-refractivity contribution is -0.130. The van der Waals surface area contributed by atoms with Gasteiger partial charge in [-0.15, -0.1) is 0 Å². The molecule has 0 aliphatic carbocycles. The lowest BCUT2D eigenvalue weighted by Gasteiger charge is -2.22. The number of rotatable bonds is 6. The highest BCUT2D eigenvalue weighted by molar-refractivity contribution is 5.86. The molecular formula is C16H25N3O2.